The molecule has 4 rings (SSSR count). The molecule has 0 aliphatic carbocycles. The number of carbonyl (C=O) groups excluding carboxylic acids is 1. The number of benzene rings is 2. The van der Waals surface area contributed by atoms with Crippen LogP contribution in [0.15, 0.2) is 48.8 Å². The molecular weight excluding hydrogens is 471 g/mol. The Morgan fingerprint density at radius 1 is 1.18 bits per heavy atom. The number of nitro groups is 1. The molecule has 33 heavy (non-hydrogen) atoms. The zero-order valence-electron chi connectivity index (χ0n) is 17.1. The molecule has 1 aromatic heterocycles. The van der Waals surface area contributed by atoms with E-state index in [1.807, 2.05) is 29.2 Å². The van der Waals surface area contributed by atoms with Crippen molar-refractivity contribution >= 4 is 46.4 Å². The second-order valence-corrected chi connectivity index (χ2v) is 7.97. The van der Waals surface area contributed by atoms with Crippen LogP contribution in [0, 0.1) is 10.1 Å². The van der Waals surface area contributed by atoms with Crippen LogP contribution in [0.2, 0.25) is 10.0 Å². The Balaban J connectivity index is 1.45. The summed E-state index contributed by atoms with van der Waals surface area (Å²) in [6.07, 6.45) is 1.95. The molecule has 2 aromatic carbocycles. The van der Waals surface area contributed by atoms with Crippen LogP contribution in [0.4, 0.5) is 17.3 Å². The van der Waals surface area contributed by atoms with E-state index in [0.717, 1.165) is 12.0 Å². The fourth-order valence-electron chi connectivity index (χ4n) is 3.44. The van der Waals surface area contributed by atoms with E-state index >= 15 is 0 Å². The number of aromatic nitrogens is 2. The lowest BCUT2D eigenvalue weighted by Gasteiger charge is -2.29. The molecule has 12 heteroatoms. The highest BCUT2D eigenvalue weighted by atomic mass is 35.5. The minimum Gasteiger partial charge on any atom is -0.482 e. The van der Waals surface area contributed by atoms with Crippen molar-refractivity contribution in [3.8, 4) is 5.75 Å². The molecule has 10 nitrogen and oxygen atoms in total. The van der Waals surface area contributed by atoms with E-state index in [2.05, 4.69) is 20.8 Å². The van der Waals surface area contributed by atoms with Gasteiger partial charge in [0.1, 0.15) is 12.1 Å². The van der Waals surface area contributed by atoms with Gasteiger partial charge in [-0.15, -0.1) is 0 Å². The van der Waals surface area contributed by atoms with Gasteiger partial charge in [0.25, 0.3) is 5.91 Å². The van der Waals surface area contributed by atoms with Gasteiger partial charge in [-0.1, -0.05) is 47.5 Å². The van der Waals surface area contributed by atoms with Gasteiger partial charge in [-0.05, 0) is 35.7 Å². The molecule has 1 aliphatic rings. The normalized spacial score (nSPS) is 12.6. The van der Waals surface area contributed by atoms with E-state index < -0.39 is 10.8 Å². The van der Waals surface area contributed by atoms with Crippen molar-refractivity contribution in [1.29, 1.82) is 0 Å². The maximum Gasteiger partial charge on any atom is 0.355 e. The third kappa shape index (κ3) is 5.24. The van der Waals surface area contributed by atoms with Gasteiger partial charge in [0.05, 0.1) is 9.95 Å². The van der Waals surface area contributed by atoms with Crippen molar-refractivity contribution in [2.24, 2.45) is 0 Å². The van der Waals surface area contributed by atoms with Crippen molar-refractivity contribution in [1.82, 2.24) is 15.4 Å². The predicted molar refractivity (Wildman–Crippen MR) is 124 cm³/mol. The molecule has 1 amide bonds. The summed E-state index contributed by atoms with van der Waals surface area (Å²) in [5.74, 6) is -0.286. The summed E-state index contributed by atoms with van der Waals surface area (Å²) < 4.78 is 5.35. The number of hydrazine groups is 1. The van der Waals surface area contributed by atoms with Crippen molar-refractivity contribution < 1.29 is 14.5 Å². The average Bonchev–Trinajstić information content (AvgIpc) is 2.81. The lowest BCUT2D eigenvalue weighted by Crippen LogP contribution is -2.35. The Bertz CT molecular complexity index is 1210. The van der Waals surface area contributed by atoms with Crippen LogP contribution in [-0.4, -0.2) is 34.0 Å². The second kappa shape index (κ2) is 9.88. The molecule has 0 spiro atoms. The lowest BCUT2D eigenvalue weighted by atomic mass is 10.00. The molecule has 0 saturated heterocycles. The quantitative estimate of drug-likeness (QED) is 0.380. The minimum atomic E-state index is -0.595. The summed E-state index contributed by atoms with van der Waals surface area (Å²) in [4.78, 5) is 33.4. The molecule has 2 heterocycles. The van der Waals surface area contributed by atoms with Gasteiger partial charge >= 0.3 is 5.69 Å². The van der Waals surface area contributed by atoms with E-state index in [9.17, 15) is 14.9 Å². The van der Waals surface area contributed by atoms with Gasteiger partial charge in [0.15, 0.2) is 6.61 Å². The van der Waals surface area contributed by atoms with Crippen LogP contribution in [0.5, 0.6) is 5.75 Å². The molecule has 170 valence electrons. The topological polar surface area (TPSA) is 123 Å². The minimum absolute atomic E-state index is 0.137. The Morgan fingerprint density at radius 2 is 1.97 bits per heavy atom. The van der Waals surface area contributed by atoms with Gasteiger partial charge in [0, 0.05) is 18.1 Å². The Labute approximate surface area is 198 Å². The molecule has 0 radical (unpaired) electrons. The van der Waals surface area contributed by atoms with Crippen LogP contribution in [0.3, 0.4) is 0 Å². The number of rotatable bonds is 7. The Hall–Kier alpha value is -3.63. The zero-order valence-corrected chi connectivity index (χ0v) is 18.6. The number of fused-ring (bicyclic) bond motifs is 1. The maximum atomic E-state index is 12.2. The summed E-state index contributed by atoms with van der Waals surface area (Å²) in [5.41, 5.74) is 6.80. The highest BCUT2D eigenvalue weighted by Crippen LogP contribution is 2.34. The number of hydrogen-bond acceptors (Lipinski definition) is 8. The number of amides is 1. The molecule has 0 saturated carbocycles. The first kappa shape index (κ1) is 22.6. The molecule has 3 aromatic rings. The van der Waals surface area contributed by atoms with Crippen LogP contribution in [-0.2, 0) is 17.8 Å². The second-order valence-electron chi connectivity index (χ2n) is 7.13. The van der Waals surface area contributed by atoms with Crippen LogP contribution < -0.4 is 20.5 Å². The number of halogens is 2. The summed E-state index contributed by atoms with van der Waals surface area (Å²) in [6, 6.07) is 12.5. The highest BCUT2D eigenvalue weighted by Gasteiger charge is 2.29. The van der Waals surface area contributed by atoms with E-state index in [-0.39, 0.29) is 34.7 Å². The first-order chi connectivity index (χ1) is 15.9. The summed E-state index contributed by atoms with van der Waals surface area (Å²) in [5, 5.41) is 12.5. The van der Waals surface area contributed by atoms with Crippen molar-refractivity contribution in [2.45, 2.75) is 13.0 Å². The summed E-state index contributed by atoms with van der Waals surface area (Å²) in [6.45, 7) is 0.662. The van der Waals surface area contributed by atoms with Crippen LogP contribution >= 0.6 is 23.2 Å². The molecule has 0 atom stereocenters. The fourth-order valence-corrected chi connectivity index (χ4v) is 3.90. The lowest BCUT2D eigenvalue weighted by molar-refractivity contribution is -0.383. The molecule has 1 aliphatic heterocycles. The smallest absolute Gasteiger partial charge is 0.355 e. The molecule has 0 bridgehead atoms. The Kier molecular flexibility index (Phi) is 6.76. The van der Waals surface area contributed by atoms with Gasteiger partial charge in [-0.3, -0.25) is 25.8 Å². The highest BCUT2D eigenvalue weighted by molar-refractivity contribution is 6.35. The van der Waals surface area contributed by atoms with Gasteiger partial charge in [0.2, 0.25) is 11.6 Å². The standard InChI is InChI=1S/C21H18Cl2N6O4/c22-15-5-6-17(16(23)9-15)33-11-18(30)26-27-20-19(29(31)32)21(25-12-24-20)28-8-7-13-3-1-2-4-14(13)10-28/h1-6,9,12H,7-8,10-11H2,(H,26,30)(H,24,25,27). The van der Waals surface area contributed by atoms with E-state index in [1.165, 1.54) is 24.0 Å². The average molecular weight is 489 g/mol. The number of carbonyl (C=O) groups is 1. The third-order valence-electron chi connectivity index (χ3n) is 4.99. The van der Waals surface area contributed by atoms with E-state index in [1.54, 1.807) is 6.07 Å². The predicted octanol–water partition coefficient (Wildman–Crippen LogP) is 3.78. The molecular formula is C21H18Cl2N6O4. The third-order valence-corrected chi connectivity index (χ3v) is 5.52. The molecule has 0 fully saturated rings. The number of hydrogen-bond donors (Lipinski definition) is 2. The summed E-state index contributed by atoms with van der Waals surface area (Å²) >= 11 is 11.8. The number of nitrogens with zero attached hydrogens (tertiary/aromatic N) is 4. The van der Waals surface area contributed by atoms with Crippen LogP contribution in [0.1, 0.15) is 11.1 Å². The fraction of sp³-hybridized carbons (Fsp3) is 0.190. The molecule has 0 unspecified atom stereocenters. The first-order valence-corrected chi connectivity index (χ1v) is 10.6. The number of nitrogens with one attached hydrogen (secondary N) is 2. The van der Waals surface area contributed by atoms with E-state index in [0.29, 0.717) is 18.1 Å². The van der Waals surface area contributed by atoms with Crippen molar-refractivity contribution in [2.75, 3.05) is 23.5 Å². The van der Waals surface area contributed by atoms with Gasteiger partial charge < -0.3 is 9.64 Å². The monoisotopic (exact) mass is 488 g/mol. The largest absolute Gasteiger partial charge is 0.482 e. The SMILES string of the molecule is O=C(COc1ccc(Cl)cc1Cl)NNc1ncnc(N2CCc3ccccc3C2)c1[N+](=O)[O-]. The molecule has 2 N–H and O–H groups in total. The van der Waals surface area contributed by atoms with Crippen molar-refractivity contribution in [3.63, 3.8) is 0 Å². The zero-order chi connectivity index (χ0) is 23.4. The van der Waals surface area contributed by atoms with E-state index in [4.69, 9.17) is 27.9 Å². The number of anilines is 2. The first-order valence-electron chi connectivity index (χ1n) is 9.86. The van der Waals surface area contributed by atoms with Crippen LogP contribution in [0.25, 0.3) is 0 Å². The summed E-state index contributed by atoms with van der Waals surface area (Å²) in [7, 11) is 0. The van der Waals surface area contributed by atoms with Gasteiger partial charge in [-0.2, -0.15) is 0 Å². The Morgan fingerprint density at radius 3 is 2.73 bits per heavy atom. The number of ether oxygens (including phenoxy) is 1. The van der Waals surface area contributed by atoms with Crippen molar-refractivity contribution in [3.05, 3.63) is 80.1 Å². The van der Waals surface area contributed by atoms with Gasteiger partial charge in [-0.25, -0.2) is 9.97 Å². The maximum absolute atomic E-state index is 12.2.